The topological polar surface area (TPSA) is 3.24 Å². The highest BCUT2D eigenvalue weighted by atomic mass is 32.2. The summed E-state index contributed by atoms with van der Waals surface area (Å²) >= 11 is 1.81. The van der Waals surface area contributed by atoms with Crippen molar-refractivity contribution in [2.24, 2.45) is 0 Å². The second-order valence-corrected chi connectivity index (χ2v) is 2.98. The molecule has 0 radical (unpaired) electrons. The molecule has 0 N–H and O–H groups in total. The van der Waals surface area contributed by atoms with E-state index in [1.807, 2.05) is 18.7 Å². The number of nitrogens with zero attached hydrogens (tertiary/aromatic N) is 1. The molecule has 0 spiro atoms. The predicted molar refractivity (Wildman–Crippen MR) is 34.6 cm³/mol. The smallest absolute Gasteiger partial charge is 0.0583 e. The van der Waals surface area contributed by atoms with Crippen LogP contribution in [0, 0.1) is 0 Å². The summed E-state index contributed by atoms with van der Waals surface area (Å²) in [6.45, 7) is 2.37. The zero-order valence-electron chi connectivity index (χ0n) is 4.93. The molecule has 8 heavy (non-hydrogen) atoms. The van der Waals surface area contributed by atoms with Crippen LogP contribution in [0.3, 0.4) is 0 Å². The minimum Gasteiger partial charge on any atom is -0.158 e. The second kappa shape index (κ2) is 2.69. The number of halogens is 1. The van der Waals surface area contributed by atoms with Crippen LogP contribution >= 0.6 is 11.8 Å². The molecule has 1 fully saturated rings. The summed E-state index contributed by atoms with van der Waals surface area (Å²) in [5, 5.41) is 0.913. The molecule has 0 bridgehead atoms. The van der Waals surface area contributed by atoms with Gasteiger partial charge in [0.15, 0.2) is 0 Å². The maximum Gasteiger partial charge on any atom is 0.0583 e. The number of hydrogen-bond donors (Lipinski definition) is 0. The SMILES string of the molecule is CCN(F)C1CSC1. The van der Waals surface area contributed by atoms with E-state index < -0.39 is 0 Å². The van der Waals surface area contributed by atoms with Crippen LogP contribution in [-0.4, -0.2) is 29.2 Å². The van der Waals surface area contributed by atoms with Crippen LogP contribution in [0.2, 0.25) is 0 Å². The van der Waals surface area contributed by atoms with Crippen molar-refractivity contribution in [2.45, 2.75) is 13.0 Å². The van der Waals surface area contributed by atoms with Gasteiger partial charge in [0, 0.05) is 18.1 Å². The molecular formula is C5H10FNS. The molecule has 0 aliphatic carbocycles. The molecule has 1 aliphatic heterocycles. The van der Waals surface area contributed by atoms with Gasteiger partial charge in [-0.15, -0.1) is 9.60 Å². The van der Waals surface area contributed by atoms with Gasteiger partial charge in [0.2, 0.25) is 0 Å². The molecule has 1 rings (SSSR count). The van der Waals surface area contributed by atoms with Crippen LogP contribution in [0.4, 0.5) is 4.48 Å². The molecule has 1 heterocycles. The first kappa shape index (κ1) is 6.36. The van der Waals surface area contributed by atoms with E-state index in [-0.39, 0.29) is 6.04 Å². The minimum atomic E-state index is 0.227. The van der Waals surface area contributed by atoms with Crippen molar-refractivity contribution < 1.29 is 4.48 Å². The van der Waals surface area contributed by atoms with E-state index in [2.05, 4.69) is 0 Å². The molecular weight excluding hydrogens is 125 g/mol. The Bertz CT molecular complexity index is 72.1. The summed E-state index contributed by atoms with van der Waals surface area (Å²) < 4.78 is 12.4. The van der Waals surface area contributed by atoms with Crippen LogP contribution < -0.4 is 0 Å². The highest BCUT2D eigenvalue weighted by molar-refractivity contribution is 8.00. The first-order chi connectivity index (χ1) is 3.84. The van der Waals surface area contributed by atoms with Gasteiger partial charge in [0.25, 0.3) is 0 Å². The van der Waals surface area contributed by atoms with E-state index >= 15 is 0 Å². The van der Waals surface area contributed by atoms with Gasteiger partial charge in [-0.2, -0.15) is 11.8 Å². The Balaban J connectivity index is 2.13. The lowest BCUT2D eigenvalue weighted by Gasteiger charge is -2.29. The standard InChI is InChI=1S/C5H10FNS/c1-2-7(6)5-3-8-4-5/h5H,2-4H2,1H3. The van der Waals surface area contributed by atoms with E-state index in [4.69, 9.17) is 0 Å². The van der Waals surface area contributed by atoms with E-state index in [0.29, 0.717) is 6.54 Å². The average molecular weight is 135 g/mol. The fraction of sp³-hybridized carbons (Fsp3) is 1.00. The summed E-state index contributed by atoms with van der Waals surface area (Å²) in [5.74, 6) is 1.95. The predicted octanol–water partition coefficient (Wildman–Crippen LogP) is 1.31. The molecule has 0 aromatic carbocycles. The van der Waals surface area contributed by atoms with Crippen molar-refractivity contribution in [3.8, 4) is 0 Å². The number of hydrogen-bond acceptors (Lipinski definition) is 2. The zero-order chi connectivity index (χ0) is 5.98. The third-order valence-corrected chi connectivity index (χ3v) is 2.56. The lowest BCUT2D eigenvalue weighted by atomic mass is 10.4. The average Bonchev–Trinajstić information content (AvgIpc) is 1.62. The molecule has 48 valence electrons. The van der Waals surface area contributed by atoms with Gasteiger partial charge in [0.05, 0.1) is 6.04 Å². The van der Waals surface area contributed by atoms with Crippen molar-refractivity contribution in [1.29, 1.82) is 0 Å². The number of thioether (sulfide) groups is 1. The van der Waals surface area contributed by atoms with Crippen molar-refractivity contribution in [2.75, 3.05) is 18.1 Å². The second-order valence-electron chi connectivity index (χ2n) is 1.91. The van der Waals surface area contributed by atoms with Gasteiger partial charge in [-0.1, -0.05) is 0 Å². The summed E-state index contributed by atoms with van der Waals surface area (Å²) in [5.41, 5.74) is 0. The van der Waals surface area contributed by atoms with Crippen LogP contribution in [0.5, 0.6) is 0 Å². The highest BCUT2D eigenvalue weighted by Gasteiger charge is 2.23. The largest absolute Gasteiger partial charge is 0.158 e. The van der Waals surface area contributed by atoms with Crippen LogP contribution in [0.15, 0.2) is 0 Å². The Morgan fingerprint density at radius 2 is 2.38 bits per heavy atom. The molecule has 3 heteroatoms. The molecule has 0 aromatic rings. The summed E-state index contributed by atoms with van der Waals surface area (Å²) in [6, 6.07) is 0.227. The minimum absolute atomic E-state index is 0.227. The third kappa shape index (κ3) is 1.14. The lowest BCUT2D eigenvalue weighted by Crippen LogP contribution is -2.38. The van der Waals surface area contributed by atoms with Crippen molar-refractivity contribution in [3.05, 3.63) is 0 Å². The monoisotopic (exact) mass is 135 g/mol. The Kier molecular flexibility index (Phi) is 2.14. The van der Waals surface area contributed by atoms with Crippen LogP contribution in [0.1, 0.15) is 6.92 Å². The summed E-state index contributed by atoms with van der Waals surface area (Å²) in [4.78, 5) is 0. The molecule has 1 aliphatic rings. The fourth-order valence-corrected chi connectivity index (χ4v) is 1.41. The fourth-order valence-electron chi connectivity index (χ4n) is 0.643. The Morgan fingerprint density at radius 1 is 1.75 bits per heavy atom. The van der Waals surface area contributed by atoms with Gasteiger partial charge >= 0.3 is 0 Å². The maximum absolute atomic E-state index is 12.4. The van der Waals surface area contributed by atoms with E-state index in [0.717, 1.165) is 16.6 Å². The van der Waals surface area contributed by atoms with Crippen molar-refractivity contribution in [3.63, 3.8) is 0 Å². The maximum atomic E-state index is 12.4. The molecule has 0 atom stereocenters. The van der Waals surface area contributed by atoms with Crippen LogP contribution in [0.25, 0.3) is 0 Å². The number of rotatable bonds is 2. The van der Waals surface area contributed by atoms with Crippen LogP contribution in [-0.2, 0) is 0 Å². The Hall–Kier alpha value is 0.240. The Labute approximate surface area is 53.2 Å². The van der Waals surface area contributed by atoms with Gasteiger partial charge in [-0.3, -0.25) is 0 Å². The molecule has 0 amide bonds. The zero-order valence-corrected chi connectivity index (χ0v) is 5.75. The van der Waals surface area contributed by atoms with E-state index in [9.17, 15) is 4.48 Å². The first-order valence-corrected chi connectivity index (χ1v) is 4.00. The molecule has 1 saturated heterocycles. The first-order valence-electron chi connectivity index (χ1n) is 2.84. The quantitative estimate of drug-likeness (QED) is 0.525. The van der Waals surface area contributed by atoms with E-state index in [1.165, 1.54) is 0 Å². The molecule has 0 saturated carbocycles. The summed E-state index contributed by atoms with van der Waals surface area (Å²) in [6.07, 6.45) is 0. The molecule has 0 aromatic heterocycles. The van der Waals surface area contributed by atoms with Crippen molar-refractivity contribution in [1.82, 2.24) is 5.12 Å². The van der Waals surface area contributed by atoms with Gasteiger partial charge in [-0.05, 0) is 6.92 Å². The van der Waals surface area contributed by atoms with Gasteiger partial charge in [0.1, 0.15) is 0 Å². The van der Waals surface area contributed by atoms with Crippen molar-refractivity contribution >= 4 is 11.8 Å². The summed E-state index contributed by atoms with van der Waals surface area (Å²) in [7, 11) is 0. The van der Waals surface area contributed by atoms with Gasteiger partial charge < -0.3 is 0 Å². The van der Waals surface area contributed by atoms with E-state index in [1.54, 1.807) is 0 Å². The lowest BCUT2D eigenvalue weighted by molar-refractivity contribution is -0.00217. The normalized spacial score (nSPS) is 21.4. The highest BCUT2D eigenvalue weighted by Crippen LogP contribution is 2.22. The molecule has 1 nitrogen and oxygen atoms in total. The Morgan fingerprint density at radius 3 is 2.50 bits per heavy atom. The molecule has 0 unspecified atom stereocenters. The third-order valence-electron chi connectivity index (χ3n) is 1.32. The van der Waals surface area contributed by atoms with Gasteiger partial charge in [-0.25, -0.2) is 0 Å².